The van der Waals surface area contributed by atoms with Gasteiger partial charge >= 0.3 is 111 Å². The fourth-order valence-electron chi connectivity index (χ4n) is 1.96. The molecular weight excluding hydrogens is 398 g/mol. The Morgan fingerprint density at radius 2 is 2.19 bits per heavy atom. The van der Waals surface area contributed by atoms with E-state index in [9.17, 15) is 0 Å². The summed E-state index contributed by atoms with van der Waals surface area (Å²) in [5, 5.41) is 1.11. The van der Waals surface area contributed by atoms with E-state index < -0.39 is 0 Å². The minimum atomic E-state index is 0.530. The number of fused-ring (bicyclic) bond motifs is 1. The molecule has 0 aliphatic heterocycles. The van der Waals surface area contributed by atoms with Crippen LogP contribution in [0.15, 0.2) is 18.5 Å². The summed E-state index contributed by atoms with van der Waals surface area (Å²) in [5.41, 5.74) is 1.03. The Hall–Kier alpha value is -0.697. The first kappa shape index (κ1) is 11.8. The van der Waals surface area contributed by atoms with Crippen molar-refractivity contribution in [2.45, 2.75) is 32.7 Å². The van der Waals surface area contributed by atoms with Crippen LogP contribution in [0.25, 0.3) is 11.0 Å². The molecular formula is C11H15AtN4. The van der Waals surface area contributed by atoms with Crippen molar-refractivity contribution in [3.8, 4) is 0 Å². The van der Waals surface area contributed by atoms with E-state index in [0.29, 0.717) is 12.0 Å². The van der Waals surface area contributed by atoms with Gasteiger partial charge in [-0.2, -0.15) is 0 Å². The van der Waals surface area contributed by atoms with Crippen LogP contribution in [-0.4, -0.2) is 14.5 Å². The summed E-state index contributed by atoms with van der Waals surface area (Å²) in [6, 6.07) is 2.61. The Balaban J connectivity index is 2.52. The average molecular weight is 413 g/mol. The molecule has 2 aromatic rings. The maximum absolute atomic E-state index is 4.53. The molecule has 0 aromatic carbocycles. The summed E-state index contributed by atoms with van der Waals surface area (Å²) in [7, 11) is 0. The Kier molecular flexibility index (Phi) is 3.75. The molecule has 0 spiro atoms. The summed E-state index contributed by atoms with van der Waals surface area (Å²) >= 11 is 1.45. The molecule has 0 amide bonds. The van der Waals surface area contributed by atoms with Gasteiger partial charge in [0, 0.05) is 0 Å². The van der Waals surface area contributed by atoms with E-state index in [1.807, 2.05) is 6.20 Å². The Bertz CT molecular complexity index is 476. The molecule has 2 rings (SSSR count). The molecule has 0 radical (unpaired) electrons. The molecule has 2 aromatic heterocycles. The van der Waals surface area contributed by atoms with Crippen LogP contribution < -0.4 is 3.26 Å². The molecule has 0 saturated heterocycles. The van der Waals surface area contributed by atoms with Crippen LogP contribution in [0.5, 0.6) is 0 Å². The van der Waals surface area contributed by atoms with Gasteiger partial charge < -0.3 is 0 Å². The molecule has 0 saturated carbocycles. The number of rotatable bonds is 4. The number of nitrogens with zero attached hydrogens (tertiary/aromatic N) is 3. The summed E-state index contributed by atoms with van der Waals surface area (Å²) in [6.07, 6.45) is 6.24. The van der Waals surface area contributed by atoms with Gasteiger partial charge in [-0.1, -0.05) is 0 Å². The van der Waals surface area contributed by atoms with Gasteiger partial charge in [-0.05, 0) is 0 Å². The van der Waals surface area contributed by atoms with Crippen molar-refractivity contribution in [3.63, 3.8) is 0 Å². The Morgan fingerprint density at radius 3 is 2.81 bits per heavy atom. The van der Waals surface area contributed by atoms with Crippen LogP contribution >= 0.6 is 0 Å². The van der Waals surface area contributed by atoms with Crippen molar-refractivity contribution in [3.05, 3.63) is 18.5 Å². The standard InChI is InChI=1S/C11H15AtN4/c1-3-9(4-2)16-6-5-8-7-13-11(15-12)14-10(8)16/h5-7,9H,3-4H2,1-2H3,(H,13,14,15). The Labute approximate surface area is 111 Å². The van der Waals surface area contributed by atoms with Gasteiger partial charge in [0.2, 0.25) is 0 Å². The second-order valence-corrected chi connectivity index (χ2v) is 4.50. The number of nitrogens with one attached hydrogen (secondary N) is 1. The van der Waals surface area contributed by atoms with E-state index >= 15 is 0 Å². The molecule has 86 valence electrons. The van der Waals surface area contributed by atoms with Crippen LogP contribution in [0.4, 0.5) is 5.95 Å². The SMILES string of the molecule is CCC(CC)n1ccc2cnc(N[At])nc21. The summed E-state index contributed by atoms with van der Waals surface area (Å²) in [4.78, 5) is 8.75. The van der Waals surface area contributed by atoms with E-state index in [1.165, 1.54) is 25.0 Å². The molecule has 5 heteroatoms. The zero-order chi connectivity index (χ0) is 11.5. The van der Waals surface area contributed by atoms with Crippen LogP contribution in [0.2, 0.25) is 0 Å². The fraction of sp³-hybridized carbons (Fsp3) is 0.455. The second-order valence-electron chi connectivity index (χ2n) is 3.76. The van der Waals surface area contributed by atoms with Gasteiger partial charge in [-0.3, -0.25) is 0 Å². The number of hydrogen-bond acceptors (Lipinski definition) is 3. The van der Waals surface area contributed by atoms with Crippen LogP contribution in [0, 0.1) is 25.0 Å². The van der Waals surface area contributed by atoms with Crippen molar-refractivity contribution in [1.82, 2.24) is 14.5 Å². The minimum absolute atomic E-state index is 0.530. The average Bonchev–Trinajstić information content (AvgIpc) is 2.74. The van der Waals surface area contributed by atoms with Gasteiger partial charge in [0.05, 0.1) is 0 Å². The third kappa shape index (κ3) is 2.05. The molecule has 0 atom stereocenters. The fourth-order valence-corrected chi connectivity index (χ4v) is 2.31. The molecule has 1 N–H and O–H groups in total. The summed E-state index contributed by atoms with van der Waals surface area (Å²) < 4.78 is 5.29. The van der Waals surface area contributed by atoms with Gasteiger partial charge in [-0.15, -0.1) is 0 Å². The van der Waals surface area contributed by atoms with Crippen LogP contribution in [0.3, 0.4) is 0 Å². The summed E-state index contributed by atoms with van der Waals surface area (Å²) in [5.74, 6) is 0.704. The van der Waals surface area contributed by atoms with Gasteiger partial charge in [0.15, 0.2) is 0 Å². The zero-order valence-electron chi connectivity index (χ0n) is 9.44. The predicted octanol–water partition coefficient (Wildman–Crippen LogP) is 2.67. The molecule has 4 nitrogen and oxygen atoms in total. The Morgan fingerprint density at radius 1 is 1.44 bits per heavy atom. The third-order valence-corrected chi connectivity index (χ3v) is 3.53. The molecule has 0 unspecified atom stereocenters. The van der Waals surface area contributed by atoms with Gasteiger partial charge in [-0.25, -0.2) is 0 Å². The normalized spacial score (nSPS) is 11.2. The van der Waals surface area contributed by atoms with Gasteiger partial charge in [0.1, 0.15) is 0 Å². The molecule has 0 bridgehead atoms. The molecule has 0 fully saturated rings. The van der Waals surface area contributed by atoms with Crippen molar-refractivity contribution in [1.29, 1.82) is 0 Å². The molecule has 16 heavy (non-hydrogen) atoms. The van der Waals surface area contributed by atoms with Crippen molar-refractivity contribution < 1.29 is 25.0 Å². The van der Waals surface area contributed by atoms with E-state index in [1.54, 1.807) is 0 Å². The molecule has 2 heterocycles. The van der Waals surface area contributed by atoms with Crippen molar-refractivity contribution >= 4 is 17.0 Å². The second kappa shape index (κ2) is 5.09. The molecule has 0 aliphatic rings. The quantitative estimate of drug-likeness (QED) is 0.839. The van der Waals surface area contributed by atoms with E-state index in [4.69, 9.17) is 0 Å². The first-order chi connectivity index (χ1) is 7.80. The first-order valence-corrected chi connectivity index (χ1v) is 6.97. The van der Waals surface area contributed by atoms with E-state index in [2.05, 4.69) is 43.9 Å². The predicted molar refractivity (Wildman–Crippen MR) is 60.8 cm³/mol. The first-order valence-electron chi connectivity index (χ1n) is 5.50. The van der Waals surface area contributed by atoms with E-state index in [0.717, 1.165) is 23.9 Å². The van der Waals surface area contributed by atoms with Crippen molar-refractivity contribution in [2.75, 3.05) is 3.26 Å². The van der Waals surface area contributed by atoms with Gasteiger partial charge in [0.25, 0.3) is 0 Å². The zero-order valence-corrected chi connectivity index (χ0v) is 12.4. The number of aromatic nitrogens is 3. The summed E-state index contributed by atoms with van der Waals surface area (Å²) in [6.45, 7) is 4.42. The van der Waals surface area contributed by atoms with Crippen LogP contribution in [0.1, 0.15) is 32.7 Å². The monoisotopic (exact) mass is 413 g/mol. The third-order valence-electron chi connectivity index (χ3n) is 2.88. The molecule has 0 aliphatic carbocycles. The van der Waals surface area contributed by atoms with E-state index in [-0.39, 0.29) is 0 Å². The topological polar surface area (TPSA) is 42.7 Å². The number of hydrogen-bond donors (Lipinski definition) is 1. The van der Waals surface area contributed by atoms with Crippen molar-refractivity contribution in [2.24, 2.45) is 0 Å². The maximum atomic E-state index is 4.53. The van der Waals surface area contributed by atoms with Crippen LogP contribution in [-0.2, 0) is 0 Å². The number of anilines is 1.